The Kier molecular flexibility index (Phi) is 6.00. The van der Waals surface area contributed by atoms with Gasteiger partial charge in [-0.15, -0.1) is 0 Å². The van der Waals surface area contributed by atoms with Crippen LogP contribution in [0, 0.1) is 5.92 Å². The van der Waals surface area contributed by atoms with E-state index in [2.05, 4.69) is 45.0 Å². The topological polar surface area (TPSA) is 99.5 Å². The molecule has 2 aromatic rings. The van der Waals surface area contributed by atoms with Gasteiger partial charge in [-0.2, -0.15) is 4.98 Å². The first kappa shape index (κ1) is 23.3. The fourth-order valence-electron chi connectivity index (χ4n) is 5.57. The summed E-state index contributed by atoms with van der Waals surface area (Å²) in [7, 11) is 3.68. The van der Waals surface area contributed by atoms with Crippen LogP contribution in [0.4, 0.5) is 5.95 Å². The highest BCUT2D eigenvalue weighted by Crippen LogP contribution is 2.36. The van der Waals surface area contributed by atoms with Crippen molar-refractivity contribution in [1.82, 2.24) is 28.9 Å². The highest BCUT2D eigenvalue weighted by molar-refractivity contribution is 5.99. The summed E-state index contributed by atoms with van der Waals surface area (Å²) in [4.78, 5) is 51.7. The molecule has 1 saturated heterocycles. The van der Waals surface area contributed by atoms with Gasteiger partial charge in [-0.1, -0.05) is 31.2 Å². The van der Waals surface area contributed by atoms with Gasteiger partial charge in [-0.25, -0.2) is 4.79 Å². The van der Waals surface area contributed by atoms with Gasteiger partial charge in [0, 0.05) is 64.0 Å². The number of carbonyl (C=O) groups excluding carboxylic acids is 1. The van der Waals surface area contributed by atoms with Crippen LogP contribution < -0.4 is 16.1 Å². The van der Waals surface area contributed by atoms with Crippen molar-refractivity contribution in [3.8, 4) is 0 Å². The van der Waals surface area contributed by atoms with Crippen LogP contribution in [-0.4, -0.2) is 80.5 Å². The van der Waals surface area contributed by atoms with Gasteiger partial charge in [0.2, 0.25) is 5.95 Å². The number of carbonyl (C=O) groups is 1. The number of nitrogens with one attached hydrogen (secondary N) is 1. The number of allylic oxidation sites excluding steroid dienone is 3. The fraction of sp³-hybridized carbons (Fsp3) is 0.520. The number of rotatable bonds is 6. The molecule has 1 N–H and O–H groups in total. The van der Waals surface area contributed by atoms with Gasteiger partial charge >= 0.3 is 5.69 Å². The minimum Gasteiger partial charge on any atom is -0.370 e. The lowest BCUT2D eigenvalue weighted by molar-refractivity contribution is -0.117. The molecule has 35 heavy (non-hydrogen) atoms. The highest BCUT2D eigenvalue weighted by atomic mass is 16.2. The second-order valence-electron chi connectivity index (χ2n) is 9.64. The molecule has 0 spiro atoms. The molecule has 2 aromatic heterocycles. The van der Waals surface area contributed by atoms with E-state index in [1.807, 2.05) is 24.5 Å². The third-order valence-electron chi connectivity index (χ3n) is 7.56. The molecule has 3 aliphatic rings. The molecule has 2 atom stereocenters. The molecule has 1 aliphatic carbocycles. The molecule has 10 nitrogen and oxygen atoms in total. The van der Waals surface area contributed by atoms with Crippen molar-refractivity contribution in [1.29, 1.82) is 0 Å². The van der Waals surface area contributed by atoms with Crippen molar-refractivity contribution in [3.05, 3.63) is 56.4 Å². The summed E-state index contributed by atoms with van der Waals surface area (Å²) < 4.78 is 3.30. The Morgan fingerprint density at radius 1 is 1.11 bits per heavy atom. The van der Waals surface area contributed by atoms with Crippen molar-refractivity contribution < 1.29 is 4.79 Å². The van der Waals surface area contributed by atoms with E-state index in [4.69, 9.17) is 4.98 Å². The van der Waals surface area contributed by atoms with Crippen molar-refractivity contribution >= 4 is 22.9 Å². The van der Waals surface area contributed by atoms with Crippen molar-refractivity contribution in [2.24, 2.45) is 13.0 Å². The number of aromatic nitrogens is 4. The predicted molar refractivity (Wildman–Crippen MR) is 136 cm³/mol. The summed E-state index contributed by atoms with van der Waals surface area (Å²) in [6, 6.07) is 0.224. The standard InChI is InChI=1S/C25H33N7O3/c1-5-10-32-21-22(29(4)25(35)27-23(21)34)26-24(32)31-13-11-30(12-14-31)15-19(33)20-16(2)28(3)18-9-7-6-8-17(18)20/h6-9,17-18H,5,10-15H2,1-4H3,(H,27,34,35). The number of imidazole rings is 1. The van der Waals surface area contributed by atoms with E-state index in [0.29, 0.717) is 43.3 Å². The number of hydrogen-bond donors (Lipinski definition) is 1. The van der Waals surface area contributed by atoms with Crippen molar-refractivity contribution in [2.45, 2.75) is 32.9 Å². The number of nitrogens with zero attached hydrogens (tertiary/aromatic N) is 6. The predicted octanol–water partition coefficient (Wildman–Crippen LogP) is 0.855. The van der Waals surface area contributed by atoms with Gasteiger partial charge in [-0.3, -0.25) is 24.0 Å². The maximum absolute atomic E-state index is 13.4. The lowest BCUT2D eigenvalue weighted by Gasteiger charge is -2.35. The molecule has 2 unspecified atom stereocenters. The normalized spacial score (nSPS) is 22.5. The van der Waals surface area contributed by atoms with Gasteiger partial charge in [0.1, 0.15) is 0 Å². The number of hydrogen-bond acceptors (Lipinski definition) is 7. The van der Waals surface area contributed by atoms with Crippen LogP contribution in [0.1, 0.15) is 20.3 Å². The molecule has 0 saturated carbocycles. The van der Waals surface area contributed by atoms with Gasteiger partial charge in [0.25, 0.3) is 5.56 Å². The summed E-state index contributed by atoms with van der Waals surface area (Å²) >= 11 is 0. The van der Waals surface area contributed by atoms with Crippen LogP contribution in [0.5, 0.6) is 0 Å². The molecule has 0 aromatic carbocycles. The smallest absolute Gasteiger partial charge is 0.329 e. The van der Waals surface area contributed by atoms with Crippen molar-refractivity contribution in [3.63, 3.8) is 0 Å². The number of piperazine rings is 1. The van der Waals surface area contributed by atoms with E-state index in [-0.39, 0.29) is 17.7 Å². The van der Waals surface area contributed by atoms with Crippen LogP contribution in [0.2, 0.25) is 0 Å². The van der Waals surface area contributed by atoms with Gasteiger partial charge in [0.05, 0.1) is 12.6 Å². The zero-order valence-electron chi connectivity index (χ0n) is 20.8. The monoisotopic (exact) mass is 479 g/mol. The summed E-state index contributed by atoms with van der Waals surface area (Å²) in [5.74, 6) is 1.02. The molecular weight excluding hydrogens is 446 g/mol. The Hall–Kier alpha value is -3.40. The second-order valence-corrected chi connectivity index (χ2v) is 9.64. The Balaban J connectivity index is 1.32. The minimum atomic E-state index is -0.466. The van der Waals surface area contributed by atoms with Gasteiger partial charge in [0.15, 0.2) is 16.9 Å². The Bertz CT molecular complexity index is 1370. The van der Waals surface area contributed by atoms with E-state index in [0.717, 1.165) is 30.8 Å². The quantitative estimate of drug-likeness (QED) is 0.656. The first-order valence-electron chi connectivity index (χ1n) is 12.3. The average molecular weight is 480 g/mol. The molecule has 4 heterocycles. The molecule has 0 radical (unpaired) electrons. The third-order valence-corrected chi connectivity index (χ3v) is 7.56. The number of aryl methyl sites for hydroxylation is 2. The Morgan fingerprint density at radius 2 is 1.83 bits per heavy atom. The minimum absolute atomic E-state index is 0.123. The Morgan fingerprint density at radius 3 is 2.54 bits per heavy atom. The van der Waals surface area contributed by atoms with Crippen LogP contribution in [0.15, 0.2) is 45.2 Å². The van der Waals surface area contributed by atoms with E-state index >= 15 is 0 Å². The summed E-state index contributed by atoms with van der Waals surface area (Å²) in [6.07, 6.45) is 9.22. The van der Waals surface area contributed by atoms with Crippen molar-refractivity contribution in [2.75, 3.05) is 44.7 Å². The maximum Gasteiger partial charge on any atom is 0.329 e. The van der Waals surface area contributed by atoms with Gasteiger partial charge in [-0.05, 0) is 13.3 Å². The number of ketones is 1. The molecule has 1 fully saturated rings. The molecule has 186 valence electrons. The zero-order chi connectivity index (χ0) is 24.9. The summed E-state index contributed by atoms with van der Waals surface area (Å²) in [6.45, 7) is 7.96. The van der Waals surface area contributed by atoms with E-state index in [1.165, 1.54) is 4.57 Å². The van der Waals surface area contributed by atoms with Gasteiger partial charge < -0.3 is 14.4 Å². The van der Waals surface area contributed by atoms with E-state index < -0.39 is 11.2 Å². The fourth-order valence-corrected chi connectivity index (χ4v) is 5.57. The Labute approximate surface area is 203 Å². The van der Waals surface area contributed by atoms with Crippen LogP contribution in [-0.2, 0) is 18.4 Å². The van der Waals surface area contributed by atoms with E-state index in [9.17, 15) is 14.4 Å². The molecule has 2 aliphatic heterocycles. The number of anilines is 1. The zero-order valence-corrected chi connectivity index (χ0v) is 20.8. The van der Waals surface area contributed by atoms with Crippen LogP contribution in [0.3, 0.4) is 0 Å². The average Bonchev–Trinajstić information content (AvgIpc) is 3.34. The van der Waals surface area contributed by atoms with Crippen LogP contribution >= 0.6 is 0 Å². The molecular formula is C25H33N7O3. The number of fused-ring (bicyclic) bond motifs is 2. The highest BCUT2D eigenvalue weighted by Gasteiger charge is 2.38. The first-order chi connectivity index (χ1) is 16.8. The molecule has 0 bridgehead atoms. The molecule has 0 amide bonds. The molecule has 5 rings (SSSR count). The lowest BCUT2D eigenvalue weighted by atomic mass is 9.88. The number of H-pyrrole nitrogens is 1. The second kappa shape index (κ2) is 8.99. The van der Waals surface area contributed by atoms with Crippen LogP contribution in [0.25, 0.3) is 11.2 Å². The maximum atomic E-state index is 13.4. The first-order valence-corrected chi connectivity index (χ1v) is 12.3. The SMILES string of the molecule is CCCn1c(N2CCN(CC(=O)C3=C(C)N(C)C4C=CC=CC34)CC2)nc2c1c(=O)[nH]c(=O)n2C. The number of likely N-dealkylation sites (N-methyl/N-ethyl adjacent to an activating group) is 1. The molecule has 10 heteroatoms. The van der Waals surface area contributed by atoms with E-state index in [1.54, 1.807) is 7.05 Å². The number of Topliss-reactive ketones (excluding diaryl/α,β-unsaturated/α-hetero) is 1. The lowest BCUT2D eigenvalue weighted by Crippen LogP contribution is -2.49. The summed E-state index contributed by atoms with van der Waals surface area (Å²) in [5.41, 5.74) is 1.94. The number of aromatic amines is 1. The third kappa shape index (κ3) is 3.85. The summed E-state index contributed by atoms with van der Waals surface area (Å²) in [5, 5.41) is 0. The largest absolute Gasteiger partial charge is 0.370 e.